The zero-order valence-electron chi connectivity index (χ0n) is 26.1. The molecule has 0 bridgehead atoms. The van der Waals surface area contributed by atoms with E-state index < -0.39 is 53.0 Å². The van der Waals surface area contributed by atoms with Crippen LogP contribution in [-0.2, 0) is 19.9 Å². The van der Waals surface area contributed by atoms with Crippen molar-refractivity contribution in [2.75, 3.05) is 30.2 Å². The first kappa shape index (κ1) is 34.1. The van der Waals surface area contributed by atoms with Gasteiger partial charge in [-0.2, -0.15) is 0 Å². The van der Waals surface area contributed by atoms with E-state index in [9.17, 15) is 16.8 Å². The van der Waals surface area contributed by atoms with Crippen LogP contribution in [0.15, 0.2) is 89.0 Å². The minimum absolute atomic E-state index is 0.0259. The van der Waals surface area contributed by atoms with Gasteiger partial charge < -0.3 is 10.2 Å². The largest absolute Gasteiger partial charge is 0.333 e. The van der Waals surface area contributed by atoms with E-state index in [2.05, 4.69) is 24.9 Å². The van der Waals surface area contributed by atoms with E-state index in [4.69, 9.17) is 28.2 Å². The number of sulfone groups is 1. The molecule has 4 heterocycles. The van der Waals surface area contributed by atoms with Crippen molar-refractivity contribution in [2.24, 2.45) is 0 Å². The van der Waals surface area contributed by atoms with Crippen molar-refractivity contribution in [1.82, 2.24) is 24.4 Å². The Balaban J connectivity index is 1.27. The predicted molar refractivity (Wildman–Crippen MR) is 189 cm³/mol. The number of pyridine rings is 1. The first-order valence-corrected chi connectivity index (χ1v) is 19.0. The van der Waals surface area contributed by atoms with Gasteiger partial charge in [0.05, 0.1) is 36.9 Å². The maximum atomic E-state index is 15.8. The van der Waals surface area contributed by atoms with Gasteiger partial charge in [-0.3, -0.25) is 9.29 Å². The Bertz CT molecular complexity index is 2530. The highest BCUT2D eigenvalue weighted by Gasteiger charge is 2.33. The second-order valence-corrected chi connectivity index (χ2v) is 16.4. The number of nitrogens with zero attached hydrogens (tertiary/aromatic N) is 5. The van der Waals surface area contributed by atoms with Gasteiger partial charge in [-0.05, 0) is 75.4 Å². The van der Waals surface area contributed by atoms with Gasteiger partial charge in [0.2, 0.25) is 0 Å². The SMILES string of the molecule is CN1CCC(S(=O)(=O)c2cn(-c3ccc4ncnc(Nc5c(F)ccc(NS(=O)(=O)c6cccc(Cl)c6Cl)c5F)c4n3)c3ccccc23)CC1. The van der Waals surface area contributed by atoms with Crippen LogP contribution in [0.25, 0.3) is 27.8 Å². The zero-order chi connectivity index (χ0) is 35.4. The molecule has 1 fully saturated rings. The summed E-state index contributed by atoms with van der Waals surface area (Å²) in [4.78, 5) is 15.0. The van der Waals surface area contributed by atoms with Crippen molar-refractivity contribution in [3.63, 3.8) is 0 Å². The van der Waals surface area contributed by atoms with Gasteiger partial charge in [0.1, 0.15) is 34.1 Å². The molecular formula is C33H27Cl2F2N7O4S2. The second kappa shape index (κ2) is 13.0. The molecule has 6 aromatic rings. The number of hydrogen-bond acceptors (Lipinski definition) is 9. The number of likely N-dealkylation sites (tertiary alicyclic amines) is 1. The number of para-hydroxylation sites is 1. The number of fused-ring (bicyclic) bond motifs is 2. The summed E-state index contributed by atoms with van der Waals surface area (Å²) in [5.74, 6) is -2.11. The van der Waals surface area contributed by atoms with Gasteiger partial charge in [-0.15, -0.1) is 0 Å². The number of halogens is 4. The van der Waals surface area contributed by atoms with Crippen LogP contribution < -0.4 is 10.0 Å². The summed E-state index contributed by atoms with van der Waals surface area (Å²) in [5, 5.41) is 2.33. The lowest BCUT2D eigenvalue weighted by atomic mass is 10.1. The maximum Gasteiger partial charge on any atom is 0.263 e. The number of aromatic nitrogens is 4. The standard InChI is InChI=1S/C33H27Cl2F2N7O4S2/c1-43-15-13-19(14-16-43)49(45,46)27-17-44(25-7-3-2-5-20(25)27)28-12-11-24-32(40-28)33(39-18-38-24)41-31-22(36)9-10-23(30(31)37)42-50(47,48)26-8-4-6-21(34)29(26)35/h2-12,17-19,42H,13-16H2,1H3,(H,38,39,41). The van der Waals surface area contributed by atoms with Crippen molar-refractivity contribution < 1.29 is 25.6 Å². The Morgan fingerprint density at radius 1 is 0.880 bits per heavy atom. The van der Waals surface area contributed by atoms with E-state index in [-0.39, 0.29) is 26.3 Å². The normalized spacial score (nSPS) is 14.7. The fourth-order valence-electron chi connectivity index (χ4n) is 5.95. The third-order valence-electron chi connectivity index (χ3n) is 8.58. The van der Waals surface area contributed by atoms with Crippen LogP contribution in [0.1, 0.15) is 12.8 Å². The lowest BCUT2D eigenvalue weighted by Gasteiger charge is -2.28. The number of piperidine rings is 1. The predicted octanol–water partition coefficient (Wildman–Crippen LogP) is 6.97. The molecule has 0 unspecified atom stereocenters. The average molecular weight is 759 g/mol. The molecule has 0 aliphatic carbocycles. The number of nitrogens with one attached hydrogen (secondary N) is 2. The molecule has 0 radical (unpaired) electrons. The minimum atomic E-state index is -4.44. The summed E-state index contributed by atoms with van der Waals surface area (Å²) in [6.07, 6.45) is 3.75. The van der Waals surface area contributed by atoms with Crippen LogP contribution in [-0.4, -0.2) is 66.6 Å². The van der Waals surface area contributed by atoms with Crippen LogP contribution in [0.3, 0.4) is 0 Å². The monoisotopic (exact) mass is 757 g/mol. The highest BCUT2D eigenvalue weighted by molar-refractivity contribution is 7.93. The van der Waals surface area contributed by atoms with Gasteiger partial charge in [0.25, 0.3) is 10.0 Å². The third-order valence-corrected chi connectivity index (χ3v) is 13.2. The molecule has 7 rings (SSSR count). The number of rotatable bonds is 8. The Labute approximate surface area is 295 Å². The van der Waals surface area contributed by atoms with E-state index >= 15 is 8.78 Å². The summed E-state index contributed by atoms with van der Waals surface area (Å²) >= 11 is 12.1. The summed E-state index contributed by atoms with van der Waals surface area (Å²) in [7, 11) is -6.17. The molecule has 1 aliphatic heterocycles. The number of benzene rings is 3. The Hall–Kier alpha value is -4.41. The third kappa shape index (κ3) is 6.13. The van der Waals surface area contributed by atoms with Gasteiger partial charge in [-0.1, -0.05) is 47.5 Å². The molecule has 3 aromatic carbocycles. The maximum absolute atomic E-state index is 15.8. The fraction of sp³-hybridized carbons (Fsp3) is 0.182. The molecular weight excluding hydrogens is 731 g/mol. The van der Waals surface area contributed by atoms with Gasteiger partial charge in [0.15, 0.2) is 21.5 Å². The fourth-order valence-corrected chi connectivity index (χ4v) is 9.69. The Kier molecular flexibility index (Phi) is 8.89. The van der Waals surface area contributed by atoms with Crippen LogP contribution in [0.2, 0.25) is 10.0 Å². The molecule has 0 amide bonds. The lowest BCUT2D eigenvalue weighted by Crippen LogP contribution is -2.37. The van der Waals surface area contributed by atoms with E-state index in [0.29, 0.717) is 48.2 Å². The highest BCUT2D eigenvalue weighted by Crippen LogP contribution is 2.36. The molecule has 0 atom stereocenters. The number of anilines is 3. The van der Waals surface area contributed by atoms with Gasteiger partial charge in [0, 0.05) is 11.6 Å². The zero-order valence-corrected chi connectivity index (χ0v) is 29.3. The van der Waals surface area contributed by atoms with Crippen molar-refractivity contribution in [3.05, 3.63) is 101 Å². The molecule has 1 saturated heterocycles. The molecule has 50 heavy (non-hydrogen) atoms. The first-order chi connectivity index (χ1) is 23.8. The molecule has 17 heteroatoms. The van der Waals surface area contributed by atoms with E-state index in [1.165, 1.54) is 24.5 Å². The van der Waals surface area contributed by atoms with E-state index in [0.717, 1.165) is 12.1 Å². The van der Waals surface area contributed by atoms with E-state index in [1.54, 1.807) is 47.2 Å². The van der Waals surface area contributed by atoms with Crippen molar-refractivity contribution in [3.8, 4) is 5.82 Å². The molecule has 2 N–H and O–H groups in total. The molecule has 0 saturated carbocycles. The summed E-state index contributed by atoms with van der Waals surface area (Å²) in [6, 6.07) is 16.1. The smallest absolute Gasteiger partial charge is 0.263 e. The Morgan fingerprint density at radius 2 is 1.64 bits per heavy atom. The van der Waals surface area contributed by atoms with Crippen molar-refractivity contribution in [1.29, 1.82) is 0 Å². The minimum Gasteiger partial charge on any atom is -0.333 e. The number of hydrogen-bond donors (Lipinski definition) is 2. The molecule has 11 nitrogen and oxygen atoms in total. The molecule has 0 spiro atoms. The molecule has 3 aromatic heterocycles. The van der Waals surface area contributed by atoms with Crippen LogP contribution >= 0.6 is 23.2 Å². The van der Waals surface area contributed by atoms with E-state index in [1.807, 2.05) is 7.05 Å². The van der Waals surface area contributed by atoms with Crippen LogP contribution in [0, 0.1) is 11.6 Å². The molecule has 258 valence electrons. The van der Waals surface area contributed by atoms with Crippen LogP contribution in [0.4, 0.5) is 26.0 Å². The topological polar surface area (TPSA) is 139 Å². The summed E-state index contributed by atoms with van der Waals surface area (Å²) < 4.78 is 88.7. The highest BCUT2D eigenvalue weighted by atomic mass is 35.5. The quantitative estimate of drug-likeness (QED) is 0.169. The van der Waals surface area contributed by atoms with Crippen LogP contribution in [0.5, 0.6) is 0 Å². The summed E-state index contributed by atoms with van der Waals surface area (Å²) in [5.41, 5.74) is -0.274. The Morgan fingerprint density at radius 3 is 2.42 bits per heavy atom. The summed E-state index contributed by atoms with van der Waals surface area (Å²) in [6.45, 7) is 1.35. The molecule has 1 aliphatic rings. The van der Waals surface area contributed by atoms with Crippen molar-refractivity contribution >= 4 is 82.2 Å². The van der Waals surface area contributed by atoms with Gasteiger partial charge >= 0.3 is 0 Å². The number of sulfonamides is 1. The average Bonchev–Trinajstić information content (AvgIpc) is 3.50. The lowest BCUT2D eigenvalue weighted by molar-refractivity contribution is 0.278. The first-order valence-electron chi connectivity index (χ1n) is 15.2. The van der Waals surface area contributed by atoms with Gasteiger partial charge in [-0.25, -0.2) is 40.6 Å². The van der Waals surface area contributed by atoms with Crippen molar-refractivity contribution in [2.45, 2.75) is 27.9 Å². The second-order valence-electron chi connectivity index (χ2n) is 11.8.